The smallest absolute Gasteiger partial charge is 0.339 e. The number of Topliss-reactive ketones (excluding diaryl/α,β-unsaturated/α-hetero) is 1. The summed E-state index contributed by atoms with van der Waals surface area (Å²) in [6.07, 6.45) is 1.74. The normalized spacial score (nSPS) is 10.4. The Morgan fingerprint density at radius 2 is 1.96 bits per heavy atom. The summed E-state index contributed by atoms with van der Waals surface area (Å²) in [6, 6.07) is 5.90. The van der Waals surface area contributed by atoms with Gasteiger partial charge in [-0.25, -0.2) is 4.79 Å². The zero-order valence-corrected chi connectivity index (χ0v) is 14.9. The maximum absolute atomic E-state index is 12.4. The van der Waals surface area contributed by atoms with Crippen LogP contribution in [0.3, 0.4) is 0 Å². The molecule has 0 unspecified atom stereocenters. The number of carbonyl (C=O) groups excluding carboxylic acids is 2. The highest BCUT2D eigenvalue weighted by molar-refractivity contribution is 6.00. The second kappa shape index (κ2) is 7.77. The molecule has 0 fully saturated rings. The third kappa shape index (κ3) is 3.72. The van der Waals surface area contributed by atoms with E-state index in [-0.39, 0.29) is 22.6 Å². The van der Waals surface area contributed by atoms with E-state index in [1.54, 1.807) is 12.1 Å². The van der Waals surface area contributed by atoms with Gasteiger partial charge in [-0.1, -0.05) is 12.1 Å². The van der Waals surface area contributed by atoms with E-state index in [0.717, 1.165) is 11.4 Å². The minimum atomic E-state index is -0.764. The number of hydrogen-bond donors (Lipinski definition) is 0. The summed E-state index contributed by atoms with van der Waals surface area (Å²) in [5.41, 5.74) is 2.27. The van der Waals surface area contributed by atoms with Crippen LogP contribution < -0.4 is 0 Å². The van der Waals surface area contributed by atoms with Crippen molar-refractivity contribution in [2.75, 3.05) is 6.61 Å². The van der Waals surface area contributed by atoms with Crippen molar-refractivity contribution in [1.29, 1.82) is 0 Å². The maximum atomic E-state index is 12.4. The number of nitro groups is 1. The molecule has 0 N–H and O–H groups in total. The molecule has 7 nitrogen and oxygen atoms in total. The van der Waals surface area contributed by atoms with Crippen LogP contribution in [0.1, 0.15) is 37.7 Å². The topological polar surface area (TPSA) is 91.4 Å². The predicted octanol–water partition coefficient (Wildman–Crippen LogP) is 3.55. The van der Waals surface area contributed by atoms with E-state index < -0.39 is 17.5 Å². The zero-order valence-electron chi connectivity index (χ0n) is 14.9. The molecule has 7 heteroatoms. The highest BCUT2D eigenvalue weighted by atomic mass is 16.6. The lowest BCUT2D eigenvalue weighted by molar-refractivity contribution is -0.385. The average Bonchev–Trinajstić information content (AvgIpc) is 2.88. The number of rotatable bonds is 7. The Balaban J connectivity index is 2.14. The largest absolute Gasteiger partial charge is 0.454 e. The third-order valence-electron chi connectivity index (χ3n) is 4.24. The number of nitrogens with zero attached hydrogens (tertiary/aromatic N) is 2. The number of ketones is 1. The molecule has 0 aliphatic rings. The molecule has 2 rings (SSSR count). The minimum Gasteiger partial charge on any atom is -0.454 e. The van der Waals surface area contributed by atoms with E-state index in [1.807, 2.05) is 18.4 Å². The summed E-state index contributed by atoms with van der Waals surface area (Å²) in [5, 5.41) is 11.0. The first-order chi connectivity index (χ1) is 12.3. The fourth-order valence-electron chi connectivity index (χ4n) is 2.82. The highest BCUT2D eigenvalue weighted by Gasteiger charge is 2.21. The second-order valence-corrected chi connectivity index (χ2v) is 5.89. The van der Waals surface area contributed by atoms with Crippen LogP contribution >= 0.6 is 0 Å². The quantitative estimate of drug-likeness (QED) is 0.249. The van der Waals surface area contributed by atoms with Crippen molar-refractivity contribution in [3.05, 3.63) is 75.1 Å². The van der Waals surface area contributed by atoms with Gasteiger partial charge < -0.3 is 9.30 Å². The number of ether oxygens (including phenoxy) is 1. The molecule has 0 saturated carbocycles. The fraction of sp³-hybridized carbons (Fsp3) is 0.263. The number of aromatic nitrogens is 1. The van der Waals surface area contributed by atoms with E-state index in [4.69, 9.17) is 4.74 Å². The van der Waals surface area contributed by atoms with Gasteiger partial charge >= 0.3 is 5.97 Å². The molecule has 0 aliphatic carbocycles. The molecular weight excluding hydrogens is 336 g/mol. The number of nitro benzene ring substituents is 1. The van der Waals surface area contributed by atoms with Crippen molar-refractivity contribution in [3.8, 4) is 0 Å². The second-order valence-electron chi connectivity index (χ2n) is 5.89. The van der Waals surface area contributed by atoms with Crippen molar-refractivity contribution in [1.82, 2.24) is 4.57 Å². The Bertz CT molecular complexity index is 896. The van der Waals surface area contributed by atoms with Gasteiger partial charge in [-0.15, -0.1) is 6.58 Å². The summed E-state index contributed by atoms with van der Waals surface area (Å²) in [7, 11) is 0. The van der Waals surface area contributed by atoms with Crippen molar-refractivity contribution >= 4 is 17.4 Å². The van der Waals surface area contributed by atoms with Crippen LogP contribution in [-0.4, -0.2) is 27.8 Å². The summed E-state index contributed by atoms with van der Waals surface area (Å²) in [5.74, 6) is -1.09. The maximum Gasteiger partial charge on any atom is 0.339 e. The van der Waals surface area contributed by atoms with Crippen molar-refractivity contribution in [3.63, 3.8) is 0 Å². The molecule has 2 aromatic rings. The Kier molecular flexibility index (Phi) is 5.71. The van der Waals surface area contributed by atoms with Gasteiger partial charge in [0.25, 0.3) is 5.69 Å². The van der Waals surface area contributed by atoms with Gasteiger partial charge in [0.2, 0.25) is 5.78 Å². The molecule has 1 aromatic carbocycles. The highest BCUT2D eigenvalue weighted by Crippen LogP contribution is 2.22. The molecule has 0 radical (unpaired) electrons. The van der Waals surface area contributed by atoms with Crippen LogP contribution in [0.15, 0.2) is 36.9 Å². The number of esters is 1. The lowest BCUT2D eigenvalue weighted by Gasteiger charge is -2.08. The van der Waals surface area contributed by atoms with Crippen molar-refractivity contribution in [2.24, 2.45) is 0 Å². The zero-order chi connectivity index (χ0) is 19.4. The summed E-state index contributed by atoms with van der Waals surface area (Å²) in [6.45, 7) is 9.01. The van der Waals surface area contributed by atoms with Crippen LogP contribution in [0, 0.1) is 30.9 Å². The standard InChI is InChI=1S/C19H20N2O5/c1-5-9-20-12(2)10-16(14(20)4)18(22)11-26-19(23)15-7-6-8-17(13(15)3)21(24)25/h5-8,10H,1,9,11H2,2-4H3. The molecular formula is C19H20N2O5. The Labute approximate surface area is 151 Å². The van der Waals surface area contributed by atoms with E-state index in [1.165, 1.54) is 25.1 Å². The molecule has 0 aliphatic heterocycles. The number of carbonyl (C=O) groups is 2. The first-order valence-electron chi connectivity index (χ1n) is 7.99. The van der Waals surface area contributed by atoms with E-state index >= 15 is 0 Å². The fourth-order valence-corrected chi connectivity index (χ4v) is 2.82. The summed E-state index contributed by atoms with van der Waals surface area (Å²) in [4.78, 5) is 35.0. The predicted molar refractivity (Wildman–Crippen MR) is 96.5 cm³/mol. The minimum absolute atomic E-state index is 0.0733. The Morgan fingerprint density at radius 1 is 1.27 bits per heavy atom. The average molecular weight is 356 g/mol. The van der Waals surface area contributed by atoms with E-state index in [2.05, 4.69) is 6.58 Å². The van der Waals surface area contributed by atoms with E-state index in [0.29, 0.717) is 12.1 Å². The number of hydrogen-bond acceptors (Lipinski definition) is 5. The molecule has 1 heterocycles. The van der Waals surface area contributed by atoms with Gasteiger partial charge in [0, 0.05) is 35.1 Å². The number of aryl methyl sites for hydroxylation is 1. The molecule has 26 heavy (non-hydrogen) atoms. The van der Waals surface area contributed by atoms with Gasteiger partial charge in [-0.05, 0) is 32.9 Å². The van der Waals surface area contributed by atoms with Crippen molar-refractivity contribution < 1.29 is 19.2 Å². The first-order valence-corrected chi connectivity index (χ1v) is 7.99. The SMILES string of the molecule is C=CCn1c(C)cc(C(=O)COC(=O)c2cccc([N+](=O)[O-])c2C)c1C. The molecule has 0 amide bonds. The van der Waals surface area contributed by atoms with Gasteiger partial charge in [0.1, 0.15) is 0 Å². The lowest BCUT2D eigenvalue weighted by atomic mass is 10.1. The lowest BCUT2D eigenvalue weighted by Crippen LogP contribution is -2.16. The van der Waals surface area contributed by atoms with Gasteiger partial charge in [-0.2, -0.15) is 0 Å². The molecule has 136 valence electrons. The number of allylic oxidation sites excluding steroid dienone is 1. The van der Waals surface area contributed by atoms with Gasteiger partial charge in [0.15, 0.2) is 6.61 Å². The molecule has 0 bridgehead atoms. The first kappa shape index (κ1) is 19.1. The summed E-state index contributed by atoms with van der Waals surface area (Å²) >= 11 is 0. The van der Waals surface area contributed by atoms with Crippen LogP contribution in [0.5, 0.6) is 0 Å². The van der Waals surface area contributed by atoms with Crippen LogP contribution in [0.25, 0.3) is 0 Å². The Hall–Kier alpha value is -3.22. The van der Waals surface area contributed by atoms with Crippen LogP contribution in [-0.2, 0) is 11.3 Å². The molecule has 0 spiro atoms. The Morgan fingerprint density at radius 3 is 2.58 bits per heavy atom. The van der Waals surface area contributed by atoms with Crippen molar-refractivity contribution in [2.45, 2.75) is 27.3 Å². The monoisotopic (exact) mass is 356 g/mol. The van der Waals surface area contributed by atoms with Gasteiger partial charge in [0.05, 0.1) is 10.5 Å². The third-order valence-corrected chi connectivity index (χ3v) is 4.24. The molecule has 0 atom stereocenters. The molecule has 1 aromatic heterocycles. The molecule has 0 saturated heterocycles. The number of benzene rings is 1. The van der Waals surface area contributed by atoms with Crippen LogP contribution in [0.2, 0.25) is 0 Å². The summed E-state index contributed by atoms with van der Waals surface area (Å²) < 4.78 is 7.02. The van der Waals surface area contributed by atoms with E-state index in [9.17, 15) is 19.7 Å². The van der Waals surface area contributed by atoms with Crippen LogP contribution in [0.4, 0.5) is 5.69 Å². The van der Waals surface area contributed by atoms with Gasteiger partial charge in [-0.3, -0.25) is 14.9 Å².